The number of aryl methyl sites for hydroxylation is 1. The molecular formula is C37H45N3O3. The minimum absolute atomic E-state index is 0.126. The fourth-order valence-corrected chi connectivity index (χ4v) is 7.05. The van der Waals surface area contributed by atoms with Crippen LogP contribution in [0.4, 0.5) is 0 Å². The molecule has 4 aromatic rings. The van der Waals surface area contributed by atoms with Crippen molar-refractivity contribution in [3.05, 3.63) is 96.2 Å². The van der Waals surface area contributed by atoms with Crippen LogP contribution in [0, 0.1) is 11.8 Å². The summed E-state index contributed by atoms with van der Waals surface area (Å²) in [5.74, 6) is 0.589. The van der Waals surface area contributed by atoms with Crippen LogP contribution in [0.1, 0.15) is 42.9 Å². The predicted molar refractivity (Wildman–Crippen MR) is 173 cm³/mol. The van der Waals surface area contributed by atoms with E-state index in [0.717, 1.165) is 45.4 Å². The molecule has 1 N–H and O–H groups in total. The maximum absolute atomic E-state index is 14.8. The second-order valence-corrected chi connectivity index (χ2v) is 12.2. The lowest BCUT2D eigenvalue weighted by Gasteiger charge is -2.41. The Labute approximate surface area is 256 Å². The Bertz CT molecular complexity index is 1500. The highest BCUT2D eigenvalue weighted by Gasteiger charge is 2.43. The van der Waals surface area contributed by atoms with Gasteiger partial charge in [-0.1, -0.05) is 72.8 Å². The van der Waals surface area contributed by atoms with Gasteiger partial charge in [0.1, 0.15) is 0 Å². The third-order valence-electron chi connectivity index (χ3n) is 9.33. The monoisotopic (exact) mass is 579 g/mol. The standard InChI is InChI=1S/C37H45N3O3/c1-42-20-9-19-39-33(23-29-12-6-7-15-35(29)39)26-40(32-16-17-32)37(41)34-25-38-24-31(18-21-43-2)36(34)30-14-8-13-28(22-30)27-10-4-3-5-11-27/h3-8,10-15,22-23,31-32,34,36,38H,9,16-21,24-26H2,1-2H3/t31-,34-,36-/m0/s1. The van der Waals surface area contributed by atoms with Crippen molar-refractivity contribution >= 4 is 16.8 Å². The first-order valence-electron chi connectivity index (χ1n) is 15.9. The van der Waals surface area contributed by atoms with Crippen molar-refractivity contribution in [3.63, 3.8) is 0 Å². The topological polar surface area (TPSA) is 55.7 Å². The van der Waals surface area contributed by atoms with Gasteiger partial charge in [0.25, 0.3) is 0 Å². The van der Waals surface area contributed by atoms with Crippen LogP contribution in [0.3, 0.4) is 0 Å². The zero-order valence-corrected chi connectivity index (χ0v) is 25.6. The first-order chi connectivity index (χ1) is 21.2. The molecule has 1 aliphatic heterocycles. The first kappa shape index (κ1) is 29.6. The molecule has 6 rings (SSSR count). The number of fused-ring (bicyclic) bond motifs is 1. The average Bonchev–Trinajstić information content (AvgIpc) is 3.84. The fourth-order valence-electron chi connectivity index (χ4n) is 7.05. The van der Waals surface area contributed by atoms with E-state index in [1.54, 1.807) is 14.2 Å². The number of rotatable bonds is 13. The normalized spacial score (nSPS) is 20.4. The first-order valence-corrected chi connectivity index (χ1v) is 15.9. The number of carbonyl (C=O) groups excluding carboxylic acids is 1. The molecule has 6 heteroatoms. The van der Waals surface area contributed by atoms with Gasteiger partial charge in [0.05, 0.1) is 12.5 Å². The van der Waals surface area contributed by atoms with E-state index in [2.05, 4.69) is 99.7 Å². The summed E-state index contributed by atoms with van der Waals surface area (Å²) in [6.07, 6.45) is 4.02. The van der Waals surface area contributed by atoms with Crippen LogP contribution in [-0.2, 0) is 27.4 Å². The summed E-state index contributed by atoms with van der Waals surface area (Å²) in [6, 6.07) is 30.6. The molecule has 6 nitrogen and oxygen atoms in total. The fraction of sp³-hybridized carbons (Fsp3) is 0.432. The third-order valence-corrected chi connectivity index (χ3v) is 9.33. The number of ether oxygens (including phenoxy) is 2. The Morgan fingerprint density at radius 2 is 1.65 bits per heavy atom. The minimum Gasteiger partial charge on any atom is -0.385 e. The maximum atomic E-state index is 14.8. The summed E-state index contributed by atoms with van der Waals surface area (Å²) in [4.78, 5) is 17.0. The van der Waals surface area contributed by atoms with E-state index < -0.39 is 0 Å². The lowest BCUT2D eigenvalue weighted by molar-refractivity contribution is -0.139. The number of nitrogens with zero attached hydrogens (tertiary/aromatic N) is 2. The summed E-state index contributed by atoms with van der Waals surface area (Å²) in [5, 5.41) is 4.87. The Morgan fingerprint density at radius 1 is 0.884 bits per heavy atom. The van der Waals surface area contributed by atoms with Crippen LogP contribution in [0.25, 0.3) is 22.0 Å². The molecule has 1 amide bonds. The maximum Gasteiger partial charge on any atom is 0.228 e. The molecule has 0 radical (unpaired) electrons. The molecule has 0 unspecified atom stereocenters. The van der Waals surface area contributed by atoms with Gasteiger partial charge >= 0.3 is 0 Å². The molecule has 1 aromatic heterocycles. The summed E-state index contributed by atoms with van der Waals surface area (Å²) in [6.45, 7) is 4.52. The van der Waals surface area contributed by atoms with Crippen LogP contribution in [0.5, 0.6) is 0 Å². The van der Waals surface area contributed by atoms with Crippen molar-refractivity contribution in [1.82, 2.24) is 14.8 Å². The van der Waals surface area contributed by atoms with E-state index in [9.17, 15) is 4.79 Å². The van der Waals surface area contributed by atoms with Gasteiger partial charge < -0.3 is 24.3 Å². The molecule has 2 heterocycles. The number of hydrogen-bond acceptors (Lipinski definition) is 4. The molecule has 0 bridgehead atoms. The van der Waals surface area contributed by atoms with E-state index in [1.807, 2.05) is 0 Å². The van der Waals surface area contributed by atoms with Crippen LogP contribution >= 0.6 is 0 Å². The number of methoxy groups -OCH3 is 2. The number of benzene rings is 3. The second-order valence-electron chi connectivity index (χ2n) is 12.2. The molecule has 2 fully saturated rings. The molecule has 2 aliphatic rings. The highest BCUT2D eigenvalue weighted by atomic mass is 16.5. The lowest BCUT2D eigenvalue weighted by atomic mass is 9.72. The van der Waals surface area contributed by atoms with Gasteiger partial charge in [-0.25, -0.2) is 0 Å². The largest absolute Gasteiger partial charge is 0.385 e. The minimum atomic E-state index is -0.131. The molecule has 226 valence electrons. The molecule has 1 saturated heterocycles. The van der Waals surface area contributed by atoms with Crippen molar-refractivity contribution in [1.29, 1.82) is 0 Å². The van der Waals surface area contributed by atoms with Gasteiger partial charge in [-0.05, 0) is 72.4 Å². The summed E-state index contributed by atoms with van der Waals surface area (Å²) >= 11 is 0. The predicted octanol–water partition coefficient (Wildman–Crippen LogP) is 6.49. The number of aromatic nitrogens is 1. The zero-order chi connectivity index (χ0) is 29.6. The van der Waals surface area contributed by atoms with E-state index in [-0.39, 0.29) is 17.7 Å². The van der Waals surface area contributed by atoms with Crippen LogP contribution in [0.15, 0.2) is 84.9 Å². The van der Waals surface area contributed by atoms with Crippen LogP contribution < -0.4 is 5.32 Å². The van der Waals surface area contributed by atoms with E-state index in [0.29, 0.717) is 31.7 Å². The molecule has 43 heavy (non-hydrogen) atoms. The molecular weight excluding hydrogens is 534 g/mol. The van der Waals surface area contributed by atoms with E-state index in [4.69, 9.17) is 9.47 Å². The van der Waals surface area contributed by atoms with Gasteiger partial charge in [-0.15, -0.1) is 0 Å². The van der Waals surface area contributed by atoms with Crippen molar-refractivity contribution in [3.8, 4) is 11.1 Å². The number of para-hydroxylation sites is 1. The second kappa shape index (κ2) is 13.9. The number of carbonyl (C=O) groups is 1. The van der Waals surface area contributed by atoms with Gasteiger partial charge in [0, 0.05) is 63.7 Å². The lowest BCUT2D eigenvalue weighted by Crippen LogP contribution is -2.50. The number of piperidine rings is 1. The van der Waals surface area contributed by atoms with Crippen molar-refractivity contribution in [2.45, 2.75) is 50.7 Å². The van der Waals surface area contributed by atoms with Crippen molar-refractivity contribution in [2.24, 2.45) is 11.8 Å². The molecule has 1 saturated carbocycles. The number of hydrogen-bond donors (Lipinski definition) is 1. The van der Waals surface area contributed by atoms with Crippen LogP contribution in [-0.4, -0.2) is 61.9 Å². The summed E-state index contributed by atoms with van der Waals surface area (Å²) in [7, 11) is 3.52. The van der Waals surface area contributed by atoms with Gasteiger partial charge in [-0.3, -0.25) is 4.79 Å². The van der Waals surface area contributed by atoms with Gasteiger partial charge in [-0.2, -0.15) is 0 Å². The Morgan fingerprint density at radius 3 is 2.44 bits per heavy atom. The molecule has 3 aromatic carbocycles. The highest BCUT2D eigenvalue weighted by Crippen LogP contribution is 2.41. The number of nitrogens with one attached hydrogen (secondary N) is 1. The van der Waals surface area contributed by atoms with Crippen LogP contribution in [0.2, 0.25) is 0 Å². The summed E-state index contributed by atoms with van der Waals surface area (Å²) in [5.41, 5.74) is 6.10. The molecule has 1 aliphatic carbocycles. The SMILES string of the molecule is COCCCn1c(CN(C(=O)[C@H]2CNC[C@H](CCOC)[C@@H]2c2cccc(-c3ccccc3)c2)C2CC2)cc2ccccc21. The average molecular weight is 580 g/mol. The number of amides is 1. The van der Waals surface area contributed by atoms with E-state index >= 15 is 0 Å². The van der Waals surface area contributed by atoms with Crippen molar-refractivity contribution in [2.75, 3.05) is 40.5 Å². The Kier molecular flexibility index (Phi) is 9.57. The van der Waals surface area contributed by atoms with Gasteiger partial charge in [0.15, 0.2) is 0 Å². The summed E-state index contributed by atoms with van der Waals surface area (Å²) < 4.78 is 13.3. The third kappa shape index (κ3) is 6.72. The van der Waals surface area contributed by atoms with E-state index in [1.165, 1.54) is 33.3 Å². The molecule has 0 spiro atoms. The van der Waals surface area contributed by atoms with Crippen molar-refractivity contribution < 1.29 is 14.3 Å². The molecule has 3 atom stereocenters. The smallest absolute Gasteiger partial charge is 0.228 e. The quantitative estimate of drug-likeness (QED) is 0.184. The zero-order valence-electron chi connectivity index (χ0n) is 25.6. The Hall–Kier alpha value is -3.45. The highest BCUT2D eigenvalue weighted by molar-refractivity contribution is 5.83. The Balaban J connectivity index is 1.33. The van der Waals surface area contributed by atoms with Gasteiger partial charge in [0.2, 0.25) is 5.91 Å².